The van der Waals surface area contributed by atoms with Gasteiger partial charge < -0.3 is 10.8 Å². The highest BCUT2D eigenvalue weighted by Crippen LogP contribution is 2.31. The number of hydrogen-bond donors (Lipinski definition) is 2. The standard InChI is InChI=1S/C12H7Cl2FN2O2/c13-5-1-2-6(7(15)3-5)11-10(12(18)19)8(16)4-9(14)17-11/h1-4H,(H2,16,17)(H,18,19). The van der Waals surface area contributed by atoms with E-state index in [1.165, 1.54) is 18.2 Å². The zero-order valence-corrected chi connectivity index (χ0v) is 10.8. The number of nitrogens with zero attached hydrogens (tertiary/aromatic N) is 1. The van der Waals surface area contributed by atoms with Gasteiger partial charge in [-0.2, -0.15) is 0 Å². The van der Waals surface area contributed by atoms with Crippen LogP contribution in [0.2, 0.25) is 10.2 Å². The van der Waals surface area contributed by atoms with Crippen molar-refractivity contribution in [2.75, 3.05) is 5.73 Å². The lowest BCUT2D eigenvalue weighted by Crippen LogP contribution is -2.07. The lowest BCUT2D eigenvalue weighted by molar-refractivity contribution is 0.0698. The molecule has 0 saturated heterocycles. The third-order valence-corrected chi connectivity index (χ3v) is 2.85. The molecule has 0 amide bonds. The molecular formula is C12H7Cl2FN2O2. The summed E-state index contributed by atoms with van der Waals surface area (Å²) in [5.74, 6) is -2.02. The lowest BCUT2D eigenvalue weighted by Gasteiger charge is -2.10. The maximum atomic E-state index is 13.8. The molecule has 1 heterocycles. The number of anilines is 1. The van der Waals surface area contributed by atoms with Gasteiger partial charge in [0.25, 0.3) is 0 Å². The molecule has 2 aromatic rings. The summed E-state index contributed by atoms with van der Waals surface area (Å²) in [5.41, 5.74) is 5.04. The van der Waals surface area contributed by atoms with Gasteiger partial charge in [-0.1, -0.05) is 23.2 Å². The monoisotopic (exact) mass is 300 g/mol. The van der Waals surface area contributed by atoms with Crippen LogP contribution in [-0.4, -0.2) is 16.1 Å². The highest BCUT2D eigenvalue weighted by molar-refractivity contribution is 6.31. The molecule has 0 bridgehead atoms. The number of nitrogens with two attached hydrogens (primary N) is 1. The number of rotatable bonds is 2. The second-order valence-electron chi connectivity index (χ2n) is 3.69. The van der Waals surface area contributed by atoms with Gasteiger partial charge in [-0.3, -0.25) is 0 Å². The van der Waals surface area contributed by atoms with Crippen molar-refractivity contribution in [2.24, 2.45) is 0 Å². The van der Waals surface area contributed by atoms with Gasteiger partial charge in [0.05, 0.1) is 11.4 Å². The van der Waals surface area contributed by atoms with E-state index in [2.05, 4.69) is 4.98 Å². The zero-order valence-electron chi connectivity index (χ0n) is 9.32. The number of nitrogen functional groups attached to an aromatic ring is 1. The second-order valence-corrected chi connectivity index (χ2v) is 4.51. The highest BCUT2D eigenvalue weighted by atomic mass is 35.5. The molecule has 0 aliphatic heterocycles. The predicted octanol–water partition coefficient (Wildman–Crippen LogP) is 3.47. The van der Waals surface area contributed by atoms with E-state index < -0.39 is 11.8 Å². The highest BCUT2D eigenvalue weighted by Gasteiger charge is 2.20. The Kier molecular flexibility index (Phi) is 3.59. The summed E-state index contributed by atoms with van der Waals surface area (Å²) in [6.07, 6.45) is 0. The van der Waals surface area contributed by atoms with Crippen LogP contribution in [0.15, 0.2) is 24.3 Å². The Morgan fingerprint density at radius 3 is 2.58 bits per heavy atom. The summed E-state index contributed by atoms with van der Waals surface area (Å²) in [7, 11) is 0. The number of carboxylic acids is 1. The average molecular weight is 301 g/mol. The molecule has 1 aromatic carbocycles. The van der Waals surface area contributed by atoms with Crippen molar-refractivity contribution in [2.45, 2.75) is 0 Å². The fourth-order valence-corrected chi connectivity index (χ4v) is 1.99. The number of aromatic carboxylic acids is 1. The molecule has 0 atom stereocenters. The summed E-state index contributed by atoms with van der Waals surface area (Å²) in [5, 5.41) is 9.30. The van der Waals surface area contributed by atoms with Crippen molar-refractivity contribution in [1.29, 1.82) is 0 Å². The molecule has 3 N–H and O–H groups in total. The van der Waals surface area contributed by atoms with Crippen LogP contribution in [0.4, 0.5) is 10.1 Å². The van der Waals surface area contributed by atoms with Crippen molar-refractivity contribution in [3.63, 3.8) is 0 Å². The predicted molar refractivity (Wildman–Crippen MR) is 71.0 cm³/mol. The van der Waals surface area contributed by atoms with E-state index >= 15 is 0 Å². The smallest absolute Gasteiger partial charge is 0.340 e. The van der Waals surface area contributed by atoms with Gasteiger partial charge in [-0.15, -0.1) is 0 Å². The Balaban J connectivity index is 2.77. The third kappa shape index (κ3) is 2.62. The quantitative estimate of drug-likeness (QED) is 0.833. The van der Waals surface area contributed by atoms with E-state index in [0.717, 1.165) is 6.07 Å². The number of carbonyl (C=O) groups is 1. The van der Waals surface area contributed by atoms with Gasteiger partial charge >= 0.3 is 5.97 Å². The van der Waals surface area contributed by atoms with Crippen LogP contribution < -0.4 is 5.73 Å². The molecular weight excluding hydrogens is 294 g/mol. The van der Waals surface area contributed by atoms with Crippen LogP contribution >= 0.6 is 23.2 Å². The first kappa shape index (κ1) is 13.6. The minimum atomic E-state index is -1.31. The second kappa shape index (κ2) is 5.03. The fourth-order valence-electron chi connectivity index (χ4n) is 1.63. The molecule has 0 fully saturated rings. The molecule has 0 saturated carbocycles. The van der Waals surface area contributed by atoms with Crippen molar-refractivity contribution in [3.05, 3.63) is 45.8 Å². The van der Waals surface area contributed by atoms with Gasteiger partial charge in [-0.25, -0.2) is 14.2 Å². The summed E-state index contributed by atoms with van der Waals surface area (Å²) < 4.78 is 13.8. The van der Waals surface area contributed by atoms with E-state index in [1.807, 2.05) is 0 Å². The summed E-state index contributed by atoms with van der Waals surface area (Å²) in [4.78, 5) is 15.0. The molecule has 1 aromatic heterocycles. The summed E-state index contributed by atoms with van der Waals surface area (Å²) >= 11 is 11.4. The van der Waals surface area contributed by atoms with Crippen molar-refractivity contribution in [3.8, 4) is 11.3 Å². The number of pyridine rings is 1. The molecule has 0 aliphatic rings. The number of carboxylic acid groups (broad SMARTS) is 1. The maximum absolute atomic E-state index is 13.8. The Morgan fingerprint density at radius 1 is 1.32 bits per heavy atom. The number of halogens is 3. The molecule has 0 radical (unpaired) electrons. The SMILES string of the molecule is Nc1cc(Cl)nc(-c2ccc(Cl)cc2F)c1C(=O)O. The van der Waals surface area contributed by atoms with Crippen LogP contribution in [0.1, 0.15) is 10.4 Å². The third-order valence-electron chi connectivity index (χ3n) is 2.42. The molecule has 4 nitrogen and oxygen atoms in total. The van der Waals surface area contributed by atoms with Crippen LogP contribution in [0.5, 0.6) is 0 Å². The van der Waals surface area contributed by atoms with Gasteiger partial charge in [0.1, 0.15) is 16.5 Å². The van der Waals surface area contributed by atoms with Crippen molar-refractivity contribution >= 4 is 34.9 Å². The molecule has 0 unspecified atom stereocenters. The Hall–Kier alpha value is -1.85. The first-order valence-electron chi connectivity index (χ1n) is 5.05. The van der Waals surface area contributed by atoms with Crippen LogP contribution in [0.25, 0.3) is 11.3 Å². The molecule has 7 heteroatoms. The van der Waals surface area contributed by atoms with E-state index in [4.69, 9.17) is 34.0 Å². The Morgan fingerprint density at radius 2 is 2.00 bits per heavy atom. The topological polar surface area (TPSA) is 76.2 Å². The molecule has 0 aliphatic carbocycles. The molecule has 0 spiro atoms. The Bertz CT molecular complexity index is 677. The molecule has 2 rings (SSSR count). The van der Waals surface area contributed by atoms with Gasteiger partial charge in [0, 0.05) is 10.6 Å². The van der Waals surface area contributed by atoms with E-state index in [1.54, 1.807) is 0 Å². The van der Waals surface area contributed by atoms with E-state index in [-0.39, 0.29) is 32.7 Å². The first-order chi connectivity index (χ1) is 8.90. The van der Waals surface area contributed by atoms with E-state index in [0.29, 0.717) is 0 Å². The number of hydrogen-bond acceptors (Lipinski definition) is 3. The minimum absolute atomic E-state index is 0.0214. The lowest BCUT2D eigenvalue weighted by atomic mass is 10.0. The van der Waals surface area contributed by atoms with Gasteiger partial charge in [0.2, 0.25) is 0 Å². The van der Waals surface area contributed by atoms with Crippen LogP contribution in [0.3, 0.4) is 0 Å². The van der Waals surface area contributed by atoms with Crippen molar-refractivity contribution < 1.29 is 14.3 Å². The first-order valence-corrected chi connectivity index (χ1v) is 5.80. The number of aromatic nitrogens is 1. The molecule has 19 heavy (non-hydrogen) atoms. The largest absolute Gasteiger partial charge is 0.478 e. The summed E-state index contributed by atoms with van der Waals surface area (Å²) in [6, 6.07) is 5.00. The summed E-state index contributed by atoms with van der Waals surface area (Å²) in [6.45, 7) is 0. The van der Waals surface area contributed by atoms with Crippen LogP contribution in [-0.2, 0) is 0 Å². The maximum Gasteiger partial charge on any atom is 0.340 e. The average Bonchev–Trinajstić information content (AvgIpc) is 2.26. The zero-order chi connectivity index (χ0) is 14.2. The minimum Gasteiger partial charge on any atom is -0.478 e. The van der Waals surface area contributed by atoms with Crippen molar-refractivity contribution in [1.82, 2.24) is 4.98 Å². The van der Waals surface area contributed by atoms with Gasteiger partial charge in [-0.05, 0) is 24.3 Å². The Labute approximate surface area is 117 Å². The number of benzene rings is 1. The van der Waals surface area contributed by atoms with Gasteiger partial charge in [0.15, 0.2) is 0 Å². The normalized spacial score (nSPS) is 10.5. The van der Waals surface area contributed by atoms with Crippen LogP contribution in [0, 0.1) is 5.82 Å². The van der Waals surface area contributed by atoms with E-state index in [9.17, 15) is 9.18 Å². The fraction of sp³-hybridized carbons (Fsp3) is 0. The molecule has 98 valence electrons.